The molecule has 2 aromatic heterocycles. The minimum atomic E-state index is -4.41. The predicted molar refractivity (Wildman–Crippen MR) is 84.9 cm³/mol. The second-order valence-corrected chi connectivity index (χ2v) is 5.58. The molecule has 3 rings (SSSR count). The summed E-state index contributed by atoms with van der Waals surface area (Å²) < 4.78 is 39.6. The predicted octanol–water partition coefficient (Wildman–Crippen LogP) is 2.29. The Morgan fingerprint density at radius 2 is 2.04 bits per heavy atom. The molecule has 0 saturated carbocycles. The molecule has 2 heterocycles. The average Bonchev–Trinajstić information content (AvgIpc) is 3.11. The van der Waals surface area contributed by atoms with Crippen LogP contribution in [0.15, 0.2) is 30.5 Å². The Balaban J connectivity index is 1.80. The van der Waals surface area contributed by atoms with Gasteiger partial charge in [0.2, 0.25) is 0 Å². The molecule has 11 heteroatoms. The van der Waals surface area contributed by atoms with E-state index in [1.807, 2.05) is 0 Å². The Morgan fingerprint density at radius 1 is 1.27 bits per heavy atom. The quantitative estimate of drug-likeness (QED) is 0.766. The van der Waals surface area contributed by atoms with Gasteiger partial charge in [-0.3, -0.25) is 9.48 Å². The minimum absolute atomic E-state index is 0.0678. The fourth-order valence-corrected chi connectivity index (χ4v) is 2.39. The number of hydrogen-bond donors (Lipinski definition) is 1. The van der Waals surface area contributed by atoms with E-state index in [0.717, 1.165) is 6.20 Å². The smallest absolute Gasteiger partial charge is 0.322 e. The summed E-state index contributed by atoms with van der Waals surface area (Å²) in [4.78, 5) is 12.4. The van der Waals surface area contributed by atoms with E-state index < -0.39 is 18.6 Å². The molecule has 1 aromatic carbocycles. The largest absolute Gasteiger partial charge is 0.408 e. The first-order valence-corrected chi connectivity index (χ1v) is 7.50. The van der Waals surface area contributed by atoms with E-state index >= 15 is 0 Å². The first-order valence-electron chi connectivity index (χ1n) is 7.50. The molecule has 1 amide bonds. The highest BCUT2D eigenvalue weighted by molar-refractivity contribution is 6.05. The number of amides is 1. The number of carbonyl (C=O) groups excluding carboxylic acids is 1. The monoisotopic (exact) mass is 365 g/mol. The SMILES string of the molecule is Cc1nn(CC(F)(F)F)cc1C(=O)Nc1cccc(-n2nnnc2C)c1. The van der Waals surface area contributed by atoms with Crippen LogP contribution < -0.4 is 5.32 Å². The summed E-state index contributed by atoms with van der Waals surface area (Å²) in [6.45, 7) is 1.95. The van der Waals surface area contributed by atoms with Gasteiger partial charge < -0.3 is 5.32 Å². The Bertz CT molecular complexity index is 945. The molecule has 1 N–H and O–H groups in total. The summed E-state index contributed by atoms with van der Waals surface area (Å²) in [5, 5.41) is 17.6. The number of nitrogens with zero attached hydrogens (tertiary/aromatic N) is 6. The van der Waals surface area contributed by atoms with Gasteiger partial charge in [-0.2, -0.15) is 23.0 Å². The van der Waals surface area contributed by atoms with Gasteiger partial charge in [0.25, 0.3) is 5.91 Å². The Labute approximate surface area is 145 Å². The standard InChI is InChI=1S/C15H14F3N7O/c1-9-13(7-24(21-9)8-15(16,17)18)14(26)19-11-4-3-5-12(6-11)25-10(2)20-22-23-25/h3-7H,8H2,1-2H3,(H,19,26). The van der Waals surface area contributed by atoms with Crippen molar-refractivity contribution in [1.29, 1.82) is 0 Å². The number of tetrazole rings is 1. The van der Waals surface area contributed by atoms with Crippen molar-refractivity contribution in [2.45, 2.75) is 26.6 Å². The van der Waals surface area contributed by atoms with Gasteiger partial charge in [0.05, 0.1) is 16.9 Å². The maximum absolute atomic E-state index is 12.5. The van der Waals surface area contributed by atoms with Crippen molar-refractivity contribution in [3.63, 3.8) is 0 Å². The van der Waals surface area contributed by atoms with E-state index in [0.29, 0.717) is 21.9 Å². The molecule has 0 radical (unpaired) electrons. The van der Waals surface area contributed by atoms with Gasteiger partial charge in [-0.25, -0.2) is 0 Å². The lowest BCUT2D eigenvalue weighted by molar-refractivity contribution is -0.142. The average molecular weight is 365 g/mol. The fourth-order valence-electron chi connectivity index (χ4n) is 2.39. The fraction of sp³-hybridized carbons (Fsp3) is 0.267. The van der Waals surface area contributed by atoms with Crippen molar-refractivity contribution >= 4 is 11.6 Å². The summed E-state index contributed by atoms with van der Waals surface area (Å²) in [7, 11) is 0. The molecule has 0 saturated heterocycles. The Hall–Kier alpha value is -3.24. The number of aryl methyl sites for hydroxylation is 2. The van der Waals surface area contributed by atoms with Crippen molar-refractivity contribution in [1.82, 2.24) is 30.0 Å². The molecule has 0 aliphatic rings. The van der Waals surface area contributed by atoms with Gasteiger partial charge in [-0.05, 0) is 42.5 Å². The van der Waals surface area contributed by atoms with Gasteiger partial charge in [0, 0.05) is 11.9 Å². The van der Waals surface area contributed by atoms with Crippen molar-refractivity contribution in [2.75, 3.05) is 5.32 Å². The van der Waals surface area contributed by atoms with E-state index in [9.17, 15) is 18.0 Å². The summed E-state index contributed by atoms with van der Waals surface area (Å²) in [6.07, 6.45) is -3.34. The molecule has 0 aliphatic carbocycles. The zero-order valence-electron chi connectivity index (χ0n) is 13.8. The van der Waals surface area contributed by atoms with Crippen molar-refractivity contribution in [3.05, 3.63) is 47.5 Å². The molecule has 0 fully saturated rings. The number of alkyl halides is 3. The summed E-state index contributed by atoms with van der Waals surface area (Å²) >= 11 is 0. The van der Waals surface area contributed by atoms with Crippen LogP contribution in [0, 0.1) is 13.8 Å². The molecule has 0 bridgehead atoms. The molecule has 0 spiro atoms. The number of aromatic nitrogens is 6. The Kier molecular flexibility index (Phi) is 4.45. The second kappa shape index (κ2) is 6.58. The third kappa shape index (κ3) is 3.87. The van der Waals surface area contributed by atoms with Crippen LogP contribution in [-0.2, 0) is 6.54 Å². The number of benzene rings is 1. The van der Waals surface area contributed by atoms with Crippen LogP contribution in [0.5, 0.6) is 0 Å². The third-order valence-electron chi connectivity index (χ3n) is 3.51. The third-order valence-corrected chi connectivity index (χ3v) is 3.51. The molecule has 3 aromatic rings. The number of anilines is 1. The molecule has 0 aliphatic heterocycles. The lowest BCUT2D eigenvalue weighted by atomic mass is 10.2. The number of nitrogens with one attached hydrogen (secondary N) is 1. The van der Waals surface area contributed by atoms with Crippen LogP contribution in [0.4, 0.5) is 18.9 Å². The maximum Gasteiger partial charge on any atom is 0.408 e. The minimum Gasteiger partial charge on any atom is -0.322 e. The highest BCUT2D eigenvalue weighted by Crippen LogP contribution is 2.19. The van der Waals surface area contributed by atoms with E-state index in [2.05, 4.69) is 25.9 Å². The molecule has 0 unspecified atom stereocenters. The maximum atomic E-state index is 12.5. The topological polar surface area (TPSA) is 90.5 Å². The van der Waals surface area contributed by atoms with Crippen LogP contribution in [0.1, 0.15) is 21.9 Å². The molecule has 8 nitrogen and oxygen atoms in total. The van der Waals surface area contributed by atoms with Crippen LogP contribution in [-0.4, -0.2) is 42.1 Å². The summed E-state index contributed by atoms with van der Waals surface area (Å²) in [6, 6.07) is 6.75. The van der Waals surface area contributed by atoms with Gasteiger partial charge in [0.1, 0.15) is 6.54 Å². The number of halogens is 3. The van der Waals surface area contributed by atoms with Crippen LogP contribution >= 0.6 is 0 Å². The second-order valence-electron chi connectivity index (χ2n) is 5.58. The van der Waals surface area contributed by atoms with Crippen LogP contribution in [0.25, 0.3) is 5.69 Å². The summed E-state index contributed by atoms with van der Waals surface area (Å²) in [5.74, 6) is 0.0132. The Morgan fingerprint density at radius 3 is 2.69 bits per heavy atom. The molecular formula is C15H14F3N7O. The zero-order valence-corrected chi connectivity index (χ0v) is 13.8. The molecule has 0 atom stereocenters. The van der Waals surface area contributed by atoms with Crippen molar-refractivity contribution in [2.24, 2.45) is 0 Å². The first-order chi connectivity index (χ1) is 12.2. The highest BCUT2D eigenvalue weighted by Gasteiger charge is 2.29. The highest BCUT2D eigenvalue weighted by atomic mass is 19.4. The van der Waals surface area contributed by atoms with Gasteiger partial charge in [-0.1, -0.05) is 6.07 Å². The summed E-state index contributed by atoms with van der Waals surface area (Å²) in [5.41, 5.74) is 1.36. The van der Waals surface area contributed by atoms with Gasteiger partial charge >= 0.3 is 6.18 Å². The number of hydrogen-bond acceptors (Lipinski definition) is 5. The van der Waals surface area contributed by atoms with Gasteiger partial charge in [0.15, 0.2) is 5.82 Å². The van der Waals surface area contributed by atoms with Crippen molar-refractivity contribution in [3.8, 4) is 5.69 Å². The normalized spacial score (nSPS) is 11.6. The van der Waals surface area contributed by atoms with E-state index in [4.69, 9.17) is 0 Å². The van der Waals surface area contributed by atoms with E-state index in [1.54, 1.807) is 31.2 Å². The molecule has 26 heavy (non-hydrogen) atoms. The lowest BCUT2D eigenvalue weighted by Gasteiger charge is -2.07. The first kappa shape index (κ1) is 17.6. The lowest BCUT2D eigenvalue weighted by Crippen LogP contribution is -2.18. The van der Waals surface area contributed by atoms with Crippen LogP contribution in [0.2, 0.25) is 0 Å². The zero-order chi connectivity index (χ0) is 18.9. The van der Waals surface area contributed by atoms with E-state index in [1.165, 1.54) is 11.6 Å². The molecular weight excluding hydrogens is 351 g/mol. The van der Waals surface area contributed by atoms with Crippen LogP contribution in [0.3, 0.4) is 0 Å². The van der Waals surface area contributed by atoms with E-state index in [-0.39, 0.29) is 11.3 Å². The van der Waals surface area contributed by atoms with Crippen molar-refractivity contribution < 1.29 is 18.0 Å². The number of carbonyl (C=O) groups is 1. The van der Waals surface area contributed by atoms with Gasteiger partial charge in [-0.15, -0.1) is 5.10 Å². The molecule has 136 valence electrons. The number of rotatable bonds is 4.